The van der Waals surface area contributed by atoms with E-state index in [4.69, 9.17) is 9.84 Å². The third kappa shape index (κ3) is 1.34. The number of carbonyl (C=O) groups excluding carboxylic acids is 1. The number of nitrogens with zero attached hydrogens (tertiary/aromatic N) is 1. The summed E-state index contributed by atoms with van der Waals surface area (Å²) >= 11 is 0. The highest BCUT2D eigenvalue weighted by Gasteiger charge is 2.55. The molecule has 1 amide bonds. The Morgan fingerprint density at radius 3 is 2.23 bits per heavy atom. The topological polar surface area (TPSA) is 66.8 Å². The summed E-state index contributed by atoms with van der Waals surface area (Å²) in [5, 5.41) is 8.73. The van der Waals surface area contributed by atoms with E-state index in [1.807, 2.05) is 0 Å². The Balaban J connectivity index is 1.90. The molecule has 0 aromatic rings. The van der Waals surface area contributed by atoms with Crippen LogP contribution in [0.2, 0.25) is 0 Å². The molecule has 0 bridgehead atoms. The first kappa shape index (κ1) is 8.34. The molecule has 1 aliphatic heterocycles. The van der Waals surface area contributed by atoms with Crippen molar-refractivity contribution < 1.29 is 19.4 Å². The van der Waals surface area contributed by atoms with Crippen LogP contribution < -0.4 is 0 Å². The van der Waals surface area contributed by atoms with Crippen molar-refractivity contribution >= 4 is 12.1 Å². The van der Waals surface area contributed by atoms with Gasteiger partial charge in [0.25, 0.3) is 0 Å². The highest BCUT2D eigenvalue weighted by molar-refractivity contribution is 5.84. The van der Waals surface area contributed by atoms with Crippen LogP contribution >= 0.6 is 0 Å². The third-order valence-electron chi connectivity index (χ3n) is 2.49. The Hall–Kier alpha value is -1.26. The lowest BCUT2D eigenvalue weighted by Gasteiger charge is -2.30. The lowest BCUT2D eigenvalue weighted by Crippen LogP contribution is -2.45. The molecule has 1 N–H and O–H groups in total. The van der Waals surface area contributed by atoms with Crippen molar-refractivity contribution in [2.75, 3.05) is 13.1 Å². The average Bonchev–Trinajstić information content (AvgIpc) is 2.64. The van der Waals surface area contributed by atoms with Gasteiger partial charge in [-0.15, -0.1) is 0 Å². The highest BCUT2D eigenvalue weighted by Crippen LogP contribution is 2.40. The molecule has 1 saturated carbocycles. The van der Waals surface area contributed by atoms with Gasteiger partial charge >= 0.3 is 12.1 Å². The zero-order chi connectivity index (χ0) is 9.47. The van der Waals surface area contributed by atoms with E-state index in [1.165, 1.54) is 4.90 Å². The highest BCUT2D eigenvalue weighted by atomic mass is 16.6. The molecule has 1 aliphatic carbocycles. The smallest absolute Gasteiger partial charge is 0.410 e. The molecular weight excluding hydrogens is 174 g/mol. The first-order valence-corrected chi connectivity index (χ1v) is 4.35. The summed E-state index contributed by atoms with van der Waals surface area (Å²) in [5.74, 6) is -1.03. The molecular formula is C8H11NO4. The zero-order valence-electron chi connectivity index (χ0n) is 7.15. The number of carboxylic acids is 1. The van der Waals surface area contributed by atoms with Crippen LogP contribution in [0.1, 0.15) is 19.3 Å². The summed E-state index contributed by atoms with van der Waals surface area (Å²) in [6.07, 6.45) is 1.39. The van der Waals surface area contributed by atoms with Gasteiger partial charge in [0.1, 0.15) is 0 Å². The van der Waals surface area contributed by atoms with Gasteiger partial charge in [-0.3, -0.25) is 0 Å². The van der Waals surface area contributed by atoms with Gasteiger partial charge in [0.05, 0.1) is 0 Å². The number of amides is 1. The molecule has 0 aromatic carbocycles. The predicted molar refractivity (Wildman–Crippen MR) is 42.3 cm³/mol. The molecule has 5 nitrogen and oxygen atoms in total. The Bertz CT molecular complexity index is 255. The molecule has 0 atom stereocenters. The van der Waals surface area contributed by atoms with Gasteiger partial charge in [0.2, 0.25) is 5.60 Å². The number of hydrogen-bond acceptors (Lipinski definition) is 3. The van der Waals surface area contributed by atoms with Crippen LogP contribution in [0.3, 0.4) is 0 Å². The molecule has 2 aliphatic rings. The van der Waals surface area contributed by atoms with E-state index < -0.39 is 17.7 Å². The van der Waals surface area contributed by atoms with Gasteiger partial charge in [-0.1, -0.05) is 0 Å². The third-order valence-corrected chi connectivity index (χ3v) is 2.49. The summed E-state index contributed by atoms with van der Waals surface area (Å²) in [6.45, 7) is 1.38. The molecule has 0 unspecified atom stereocenters. The number of rotatable bonds is 2. The van der Waals surface area contributed by atoms with E-state index >= 15 is 0 Å². The van der Waals surface area contributed by atoms with E-state index in [1.54, 1.807) is 0 Å². The summed E-state index contributed by atoms with van der Waals surface area (Å²) in [4.78, 5) is 23.4. The SMILES string of the molecule is O=C(OC1(C(=O)O)CC1)N1CCC1. The second kappa shape index (κ2) is 2.61. The number of carboxylic acid groups (broad SMARTS) is 1. The van der Waals surface area contributed by atoms with Gasteiger partial charge in [-0.2, -0.15) is 0 Å². The molecule has 0 aromatic heterocycles. The first-order valence-electron chi connectivity index (χ1n) is 4.35. The summed E-state index contributed by atoms with van der Waals surface area (Å²) < 4.78 is 4.90. The fourth-order valence-corrected chi connectivity index (χ4v) is 1.20. The van der Waals surface area contributed by atoms with Crippen LogP contribution in [0.15, 0.2) is 0 Å². The second-order valence-corrected chi connectivity index (χ2v) is 3.51. The number of ether oxygens (including phenoxy) is 1. The molecule has 2 fully saturated rings. The fourth-order valence-electron chi connectivity index (χ4n) is 1.20. The van der Waals surface area contributed by atoms with Crippen molar-refractivity contribution in [2.24, 2.45) is 0 Å². The van der Waals surface area contributed by atoms with Crippen LogP contribution in [-0.4, -0.2) is 40.8 Å². The number of likely N-dealkylation sites (tertiary alicyclic amines) is 1. The van der Waals surface area contributed by atoms with Crippen molar-refractivity contribution in [3.63, 3.8) is 0 Å². The molecule has 72 valence electrons. The van der Waals surface area contributed by atoms with Gasteiger partial charge in [-0.25, -0.2) is 9.59 Å². The van der Waals surface area contributed by atoms with Crippen LogP contribution in [-0.2, 0) is 9.53 Å². The van der Waals surface area contributed by atoms with Gasteiger partial charge in [0.15, 0.2) is 0 Å². The average molecular weight is 185 g/mol. The van der Waals surface area contributed by atoms with Gasteiger partial charge in [-0.05, 0) is 6.42 Å². The van der Waals surface area contributed by atoms with E-state index in [0.29, 0.717) is 25.9 Å². The van der Waals surface area contributed by atoms with Crippen LogP contribution in [0.5, 0.6) is 0 Å². The molecule has 1 saturated heterocycles. The van der Waals surface area contributed by atoms with Crippen molar-refractivity contribution in [3.05, 3.63) is 0 Å². The van der Waals surface area contributed by atoms with Crippen LogP contribution in [0, 0.1) is 0 Å². The minimum absolute atomic E-state index is 0.446. The fraction of sp³-hybridized carbons (Fsp3) is 0.750. The van der Waals surface area contributed by atoms with E-state index in [9.17, 15) is 9.59 Å². The lowest BCUT2D eigenvalue weighted by atomic mass is 10.2. The molecule has 0 radical (unpaired) electrons. The molecule has 1 heterocycles. The number of hydrogen-bond donors (Lipinski definition) is 1. The van der Waals surface area contributed by atoms with Crippen molar-refractivity contribution in [1.82, 2.24) is 4.90 Å². The minimum Gasteiger partial charge on any atom is -0.478 e. The number of carbonyl (C=O) groups is 2. The standard InChI is InChI=1S/C8H11NO4/c10-6(11)8(2-3-8)13-7(12)9-4-1-5-9/h1-5H2,(H,10,11). The summed E-state index contributed by atoms with van der Waals surface area (Å²) in [6, 6.07) is 0. The Kier molecular flexibility index (Phi) is 1.68. The quantitative estimate of drug-likeness (QED) is 0.678. The maximum absolute atomic E-state index is 11.2. The second-order valence-electron chi connectivity index (χ2n) is 3.51. The largest absolute Gasteiger partial charge is 0.478 e. The Morgan fingerprint density at radius 2 is 1.92 bits per heavy atom. The Labute approximate surface area is 75.3 Å². The van der Waals surface area contributed by atoms with Crippen LogP contribution in [0.25, 0.3) is 0 Å². The van der Waals surface area contributed by atoms with Crippen LogP contribution in [0.4, 0.5) is 4.79 Å². The van der Waals surface area contributed by atoms with Gasteiger partial charge < -0.3 is 14.7 Å². The van der Waals surface area contributed by atoms with E-state index in [0.717, 1.165) is 6.42 Å². The molecule has 5 heteroatoms. The first-order chi connectivity index (χ1) is 6.14. The van der Waals surface area contributed by atoms with E-state index in [-0.39, 0.29) is 0 Å². The summed E-state index contributed by atoms with van der Waals surface area (Å²) in [7, 11) is 0. The molecule has 0 spiro atoms. The van der Waals surface area contributed by atoms with E-state index in [2.05, 4.69) is 0 Å². The minimum atomic E-state index is -1.19. The molecule has 13 heavy (non-hydrogen) atoms. The van der Waals surface area contributed by atoms with Crippen molar-refractivity contribution in [1.29, 1.82) is 0 Å². The lowest BCUT2D eigenvalue weighted by molar-refractivity contribution is -0.150. The number of aliphatic carboxylic acids is 1. The summed E-state index contributed by atoms with van der Waals surface area (Å²) in [5.41, 5.74) is -1.19. The normalized spacial score (nSPS) is 23.2. The zero-order valence-corrected chi connectivity index (χ0v) is 7.15. The Morgan fingerprint density at radius 1 is 1.31 bits per heavy atom. The van der Waals surface area contributed by atoms with Gasteiger partial charge in [0, 0.05) is 25.9 Å². The molecule has 2 rings (SSSR count). The van der Waals surface area contributed by atoms with Crippen molar-refractivity contribution in [2.45, 2.75) is 24.9 Å². The predicted octanol–water partition coefficient (Wildman–Crippen LogP) is 0.446. The monoisotopic (exact) mass is 185 g/mol. The maximum Gasteiger partial charge on any atom is 0.410 e. The maximum atomic E-state index is 11.2. The van der Waals surface area contributed by atoms with Crippen molar-refractivity contribution in [3.8, 4) is 0 Å².